The summed E-state index contributed by atoms with van der Waals surface area (Å²) in [6, 6.07) is 16.7. The molecule has 0 radical (unpaired) electrons. The van der Waals surface area contributed by atoms with Gasteiger partial charge < -0.3 is 14.8 Å². The van der Waals surface area contributed by atoms with Crippen LogP contribution in [0, 0.1) is 0 Å². The first-order valence-electron chi connectivity index (χ1n) is 8.04. The standard InChI is InChI=1S/C19H21NO3/c21-19(20-13-12-16-7-4-14-22-16)15-8-10-18(11-9-15)23-17-5-2-1-3-6-17/h1-3,5-6,8-11,16H,4,7,12-14H2,(H,20,21)/t16-/m0/s1. The van der Waals surface area contributed by atoms with Gasteiger partial charge in [0.15, 0.2) is 0 Å². The first kappa shape index (κ1) is 15.6. The molecule has 0 aliphatic carbocycles. The summed E-state index contributed by atoms with van der Waals surface area (Å²) >= 11 is 0. The Kier molecular flexibility index (Phi) is 5.27. The molecule has 2 aromatic carbocycles. The zero-order valence-electron chi connectivity index (χ0n) is 13.0. The molecule has 4 nitrogen and oxygen atoms in total. The first-order valence-corrected chi connectivity index (χ1v) is 8.04. The molecule has 1 aliphatic heterocycles. The van der Waals surface area contributed by atoms with Crippen molar-refractivity contribution in [3.8, 4) is 11.5 Å². The monoisotopic (exact) mass is 311 g/mol. The van der Waals surface area contributed by atoms with Gasteiger partial charge >= 0.3 is 0 Å². The largest absolute Gasteiger partial charge is 0.457 e. The Balaban J connectivity index is 1.49. The molecule has 1 atom stereocenters. The second-order valence-corrected chi connectivity index (χ2v) is 5.62. The van der Waals surface area contributed by atoms with Crippen molar-refractivity contribution < 1.29 is 14.3 Å². The molecule has 1 N–H and O–H groups in total. The first-order chi connectivity index (χ1) is 11.3. The molecule has 0 saturated carbocycles. The third-order valence-electron chi connectivity index (χ3n) is 3.87. The van der Waals surface area contributed by atoms with Crippen molar-refractivity contribution in [2.75, 3.05) is 13.2 Å². The minimum Gasteiger partial charge on any atom is -0.457 e. The predicted octanol–water partition coefficient (Wildman–Crippen LogP) is 3.78. The average Bonchev–Trinajstić information content (AvgIpc) is 3.10. The Morgan fingerprint density at radius 3 is 2.52 bits per heavy atom. The summed E-state index contributed by atoms with van der Waals surface area (Å²) in [5, 5.41) is 2.94. The predicted molar refractivity (Wildman–Crippen MR) is 88.9 cm³/mol. The lowest BCUT2D eigenvalue weighted by molar-refractivity contribution is 0.0907. The molecule has 1 heterocycles. The van der Waals surface area contributed by atoms with Crippen LogP contribution in [0.2, 0.25) is 0 Å². The number of para-hydroxylation sites is 1. The van der Waals surface area contributed by atoms with Crippen molar-refractivity contribution in [2.45, 2.75) is 25.4 Å². The molecule has 0 bridgehead atoms. The maximum Gasteiger partial charge on any atom is 0.251 e. The summed E-state index contributed by atoms with van der Waals surface area (Å²) in [6.45, 7) is 1.49. The summed E-state index contributed by atoms with van der Waals surface area (Å²) in [5.74, 6) is 1.43. The maximum absolute atomic E-state index is 12.1. The molecule has 2 aromatic rings. The van der Waals surface area contributed by atoms with E-state index >= 15 is 0 Å². The molecule has 3 rings (SSSR count). The van der Waals surface area contributed by atoms with Crippen LogP contribution in [0.4, 0.5) is 0 Å². The highest BCUT2D eigenvalue weighted by Gasteiger charge is 2.15. The van der Waals surface area contributed by atoms with Crippen LogP contribution in [-0.2, 0) is 4.74 Å². The van der Waals surface area contributed by atoms with E-state index in [0.717, 1.165) is 31.6 Å². The molecular weight excluding hydrogens is 290 g/mol. The molecule has 4 heteroatoms. The Morgan fingerprint density at radius 1 is 1.09 bits per heavy atom. The van der Waals surface area contributed by atoms with Crippen LogP contribution in [0.5, 0.6) is 11.5 Å². The summed E-state index contributed by atoms with van der Waals surface area (Å²) in [7, 11) is 0. The van der Waals surface area contributed by atoms with Crippen LogP contribution in [0.1, 0.15) is 29.6 Å². The van der Waals surface area contributed by atoms with Gasteiger partial charge in [-0.15, -0.1) is 0 Å². The van der Waals surface area contributed by atoms with E-state index in [2.05, 4.69) is 5.32 Å². The van der Waals surface area contributed by atoms with Crippen molar-refractivity contribution in [3.63, 3.8) is 0 Å². The number of ether oxygens (including phenoxy) is 2. The number of hydrogen-bond acceptors (Lipinski definition) is 3. The lowest BCUT2D eigenvalue weighted by atomic mass is 10.1. The van der Waals surface area contributed by atoms with Crippen LogP contribution in [0.3, 0.4) is 0 Å². The summed E-state index contributed by atoms with van der Waals surface area (Å²) in [5.41, 5.74) is 0.637. The van der Waals surface area contributed by atoms with Gasteiger partial charge in [-0.05, 0) is 55.7 Å². The summed E-state index contributed by atoms with van der Waals surface area (Å²) in [4.78, 5) is 12.1. The van der Waals surface area contributed by atoms with Crippen molar-refractivity contribution >= 4 is 5.91 Å². The fourth-order valence-corrected chi connectivity index (χ4v) is 2.62. The van der Waals surface area contributed by atoms with E-state index in [4.69, 9.17) is 9.47 Å². The Morgan fingerprint density at radius 2 is 1.83 bits per heavy atom. The molecule has 1 fully saturated rings. The quantitative estimate of drug-likeness (QED) is 0.883. The van der Waals surface area contributed by atoms with Crippen LogP contribution in [0.15, 0.2) is 54.6 Å². The number of amides is 1. The minimum atomic E-state index is -0.0609. The zero-order chi connectivity index (χ0) is 15.9. The third-order valence-corrected chi connectivity index (χ3v) is 3.87. The SMILES string of the molecule is O=C(NCC[C@@H]1CCCO1)c1ccc(Oc2ccccc2)cc1. The molecule has 0 aromatic heterocycles. The summed E-state index contributed by atoms with van der Waals surface area (Å²) < 4.78 is 11.3. The van der Waals surface area contributed by atoms with Crippen molar-refractivity contribution in [3.05, 3.63) is 60.2 Å². The van der Waals surface area contributed by atoms with Gasteiger partial charge in [0.2, 0.25) is 0 Å². The van der Waals surface area contributed by atoms with Gasteiger partial charge in [0, 0.05) is 18.7 Å². The van der Waals surface area contributed by atoms with Crippen molar-refractivity contribution in [1.29, 1.82) is 0 Å². The number of nitrogens with one attached hydrogen (secondary N) is 1. The van der Waals surface area contributed by atoms with Crippen molar-refractivity contribution in [1.82, 2.24) is 5.32 Å². The van der Waals surface area contributed by atoms with Gasteiger partial charge in [-0.1, -0.05) is 18.2 Å². The van der Waals surface area contributed by atoms with Crippen LogP contribution >= 0.6 is 0 Å². The molecule has 120 valence electrons. The highest BCUT2D eigenvalue weighted by molar-refractivity contribution is 5.94. The summed E-state index contributed by atoms with van der Waals surface area (Å²) in [6.07, 6.45) is 3.40. The zero-order valence-corrected chi connectivity index (χ0v) is 13.0. The Bertz CT molecular complexity index is 619. The fraction of sp³-hybridized carbons (Fsp3) is 0.316. The molecule has 0 unspecified atom stereocenters. The van der Waals surface area contributed by atoms with Crippen LogP contribution in [-0.4, -0.2) is 25.2 Å². The molecular formula is C19H21NO3. The number of benzene rings is 2. The smallest absolute Gasteiger partial charge is 0.251 e. The molecule has 1 aliphatic rings. The van der Waals surface area contributed by atoms with E-state index in [-0.39, 0.29) is 5.91 Å². The highest BCUT2D eigenvalue weighted by Crippen LogP contribution is 2.21. The van der Waals surface area contributed by atoms with E-state index in [0.29, 0.717) is 24.0 Å². The topological polar surface area (TPSA) is 47.6 Å². The maximum atomic E-state index is 12.1. The van der Waals surface area contributed by atoms with Gasteiger partial charge in [-0.2, -0.15) is 0 Å². The fourth-order valence-electron chi connectivity index (χ4n) is 2.62. The second-order valence-electron chi connectivity index (χ2n) is 5.62. The number of rotatable bonds is 6. The van der Waals surface area contributed by atoms with Gasteiger partial charge in [0.1, 0.15) is 11.5 Å². The molecule has 23 heavy (non-hydrogen) atoms. The van der Waals surface area contributed by atoms with Gasteiger partial charge in [-0.3, -0.25) is 4.79 Å². The third kappa shape index (κ3) is 4.57. The number of carbonyl (C=O) groups is 1. The second kappa shape index (κ2) is 7.79. The molecule has 0 spiro atoms. The van der Waals surface area contributed by atoms with Gasteiger partial charge in [-0.25, -0.2) is 0 Å². The Hall–Kier alpha value is -2.33. The van der Waals surface area contributed by atoms with E-state index in [9.17, 15) is 4.79 Å². The average molecular weight is 311 g/mol. The normalized spacial score (nSPS) is 17.0. The van der Waals surface area contributed by atoms with Crippen LogP contribution in [0.25, 0.3) is 0 Å². The lowest BCUT2D eigenvalue weighted by Gasteiger charge is -2.10. The number of carbonyl (C=O) groups excluding carboxylic acids is 1. The van der Waals surface area contributed by atoms with Gasteiger partial charge in [0.25, 0.3) is 5.91 Å². The van der Waals surface area contributed by atoms with Crippen molar-refractivity contribution in [2.24, 2.45) is 0 Å². The van der Waals surface area contributed by atoms with Gasteiger partial charge in [0.05, 0.1) is 6.10 Å². The minimum absolute atomic E-state index is 0.0609. The van der Waals surface area contributed by atoms with Crippen LogP contribution < -0.4 is 10.1 Å². The van der Waals surface area contributed by atoms with E-state index in [1.165, 1.54) is 0 Å². The Labute approximate surface area is 136 Å². The lowest BCUT2D eigenvalue weighted by Crippen LogP contribution is -2.26. The highest BCUT2D eigenvalue weighted by atomic mass is 16.5. The molecule has 1 saturated heterocycles. The van der Waals surface area contributed by atoms with E-state index < -0.39 is 0 Å². The van der Waals surface area contributed by atoms with E-state index in [1.54, 1.807) is 12.1 Å². The van der Waals surface area contributed by atoms with E-state index in [1.807, 2.05) is 42.5 Å². The number of hydrogen-bond donors (Lipinski definition) is 1. The molecule has 1 amide bonds.